The summed E-state index contributed by atoms with van der Waals surface area (Å²) in [4.78, 5) is 27.7. The zero-order valence-corrected chi connectivity index (χ0v) is 22.5. The van der Waals surface area contributed by atoms with Gasteiger partial charge in [0.25, 0.3) is 0 Å². The summed E-state index contributed by atoms with van der Waals surface area (Å²) in [6.45, 7) is 3.26. The van der Waals surface area contributed by atoms with E-state index in [9.17, 15) is 31.2 Å². The second-order valence-corrected chi connectivity index (χ2v) is 10.8. The average molecular weight is 562 g/mol. The van der Waals surface area contributed by atoms with Crippen LogP contribution >= 0.6 is 11.6 Å². The van der Waals surface area contributed by atoms with Crippen molar-refractivity contribution < 1.29 is 31.2 Å². The van der Waals surface area contributed by atoms with Crippen molar-refractivity contribution in [3.05, 3.63) is 64.7 Å². The molecule has 0 saturated heterocycles. The van der Waals surface area contributed by atoms with Crippen molar-refractivity contribution in [2.75, 3.05) is 30.2 Å². The van der Waals surface area contributed by atoms with Crippen LogP contribution in [-0.4, -0.2) is 57.1 Å². The maximum absolute atomic E-state index is 13.5. The van der Waals surface area contributed by atoms with Gasteiger partial charge in [-0.1, -0.05) is 55.8 Å². The van der Waals surface area contributed by atoms with Crippen LogP contribution in [-0.2, 0) is 32.2 Å². The number of benzene rings is 2. The third-order valence-corrected chi connectivity index (χ3v) is 7.09. The monoisotopic (exact) mass is 561 g/mol. The van der Waals surface area contributed by atoms with Gasteiger partial charge < -0.3 is 10.2 Å². The number of hydrogen-bond donors (Lipinski definition) is 1. The third kappa shape index (κ3) is 8.63. The third-order valence-electron chi connectivity index (χ3n) is 5.64. The summed E-state index contributed by atoms with van der Waals surface area (Å²) in [6, 6.07) is 10.5. The molecule has 1 N–H and O–H groups in total. The lowest BCUT2D eigenvalue weighted by atomic mass is 10.1. The molecule has 2 aromatic rings. The van der Waals surface area contributed by atoms with Crippen LogP contribution in [0.2, 0.25) is 5.02 Å². The Morgan fingerprint density at radius 1 is 1.08 bits per heavy atom. The molecule has 37 heavy (non-hydrogen) atoms. The van der Waals surface area contributed by atoms with E-state index in [0.717, 1.165) is 24.0 Å². The number of halogens is 4. The van der Waals surface area contributed by atoms with Gasteiger partial charge in [0.1, 0.15) is 12.6 Å². The molecule has 0 saturated carbocycles. The van der Waals surface area contributed by atoms with E-state index in [-0.39, 0.29) is 18.0 Å². The maximum Gasteiger partial charge on any atom is 0.416 e. The van der Waals surface area contributed by atoms with Crippen molar-refractivity contribution in [1.29, 1.82) is 0 Å². The molecule has 0 fully saturated rings. The van der Waals surface area contributed by atoms with Crippen molar-refractivity contribution in [2.45, 2.75) is 45.3 Å². The highest BCUT2D eigenvalue weighted by Crippen LogP contribution is 2.36. The Morgan fingerprint density at radius 2 is 1.73 bits per heavy atom. The van der Waals surface area contributed by atoms with Gasteiger partial charge in [0.2, 0.25) is 21.8 Å². The lowest BCUT2D eigenvalue weighted by Gasteiger charge is -2.33. The molecular weight excluding hydrogens is 531 g/mol. The summed E-state index contributed by atoms with van der Waals surface area (Å²) < 4.78 is 65.8. The molecule has 0 unspecified atom stereocenters. The average Bonchev–Trinajstić information content (AvgIpc) is 2.83. The Bertz CT molecular complexity index is 1180. The summed E-state index contributed by atoms with van der Waals surface area (Å²) in [5.74, 6) is -1.14. The first-order valence-corrected chi connectivity index (χ1v) is 14.0. The van der Waals surface area contributed by atoms with E-state index in [1.165, 1.54) is 4.90 Å². The number of carbonyl (C=O) groups is 2. The van der Waals surface area contributed by atoms with Gasteiger partial charge in [0.15, 0.2) is 0 Å². The minimum Gasteiger partial charge on any atom is -0.354 e. The van der Waals surface area contributed by atoms with Crippen LogP contribution in [0.4, 0.5) is 18.9 Å². The first kappa shape index (κ1) is 30.4. The smallest absolute Gasteiger partial charge is 0.354 e. The van der Waals surface area contributed by atoms with E-state index in [2.05, 4.69) is 5.32 Å². The molecule has 0 radical (unpaired) electrons. The van der Waals surface area contributed by atoms with Gasteiger partial charge in [-0.05, 0) is 43.0 Å². The van der Waals surface area contributed by atoms with Gasteiger partial charge in [-0.2, -0.15) is 13.2 Å². The molecule has 0 spiro atoms. The first-order chi connectivity index (χ1) is 17.3. The lowest BCUT2D eigenvalue weighted by Crippen LogP contribution is -2.53. The number of sulfonamides is 1. The van der Waals surface area contributed by atoms with Crippen LogP contribution in [0.3, 0.4) is 0 Å². The molecule has 0 aromatic heterocycles. The van der Waals surface area contributed by atoms with Crippen molar-refractivity contribution in [2.24, 2.45) is 0 Å². The first-order valence-electron chi connectivity index (χ1n) is 11.7. The van der Waals surface area contributed by atoms with Crippen LogP contribution in [0.1, 0.15) is 37.8 Å². The molecule has 0 aliphatic heterocycles. The van der Waals surface area contributed by atoms with E-state index >= 15 is 0 Å². The molecule has 0 bridgehead atoms. The Labute approximate surface area is 220 Å². The molecule has 2 aromatic carbocycles. The number of anilines is 1. The number of nitrogens with zero attached hydrogens (tertiary/aromatic N) is 2. The van der Waals surface area contributed by atoms with Crippen LogP contribution in [0.25, 0.3) is 0 Å². The van der Waals surface area contributed by atoms with Gasteiger partial charge >= 0.3 is 6.18 Å². The molecule has 0 heterocycles. The van der Waals surface area contributed by atoms with Gasteiger partial charge in [-0.15, -0.1) is 0 Å². The minimum atomic E-state index is -4.75. The summed E-state index contributed by atoms with van der Waals surface area (Å²) in [7, 11) is -4.23. The number of hydrogen-bond acceptors (Lipinski definition) is 4. The fourth-order valence-corrected chi connectivity index (χ4v) is 4.86. The highest BCUT2D eigenvalue weighted by atomic mass is 35.5. The molecule has 2 rings (SSSR count). The Kier molecular flexibility index (Phi) is 10.8. The SMILES string of the molecule is CCCNC(=O)[C@H](CC)N(CCc1ccccc1)C(=O)CN(c1cc(C(F)(F)F)ccc1Cl)S(C)(=O)=O. The number of alkyl halides is 3. The van der Waals surface area contributed by atoms with Crippen molar-refractivity contribution >= 4 is 39.1 Å². The van der Waals surface area contributed by atoms with Gasteiger partial charge in [-0.3, -0.25) is 13.9 Å². The Hall–Kier alpha value is -2.79. The zero-order valence-electron chi connectivity index (χ0n) is 20.9. The second kappa shape index (κ2) is 13.1. The molecule has 1 atom stereocenters. The summed E-state index contributed by atoms with van der Waals surface area (Å²) in [5.41, 5.74) is -0.692. The standard InChI is InChI=1S/C25H31ClF3N3O4S/c1-4-14-30-24(34)21(5-2)31(15-13-18-9-7-6-8-10-18)23(33)17-32(37(3,35)36)22-16-19(25(27,28)29)11-12-20(22)26/h6-12,16,21H,4-5,13-15,17H2,1-3H3,(H,30,34)/t21-/m0/s1. The van der Waals surface area contributed by atoms with Crippen LogP contribution in [0.15, 0.2) is 48.5 Å². The molecule has 12 heteroatoms. The summed E-state index contributed by atoms with van der Waals surface area (Å²) >= 11 is 6.09. The minimum absolute atomic E-state index is 0.0921. The predicted octanol–water partition coefficient (Wildman–Crippen LogP) is 4.50. The van der Waals surface area contributed by atoms with Crippen LogP contribution in [0.5, 0.6) is 0 Å². The van der Waals surface area contributed by atoms with Crippen LogP contribution in [0, 0.1) is 0 Å². The van der Waals surface area contributed by atoms with Gasteiger partial charge in [0.05, 0.1) is 22.5 Å². The highest BCUT2D eigenvalue weighted by molar-refractivity contribution is 7.92. The molecule has 204 valence electrons. The van der Waals surface area contributed by atoms with E-state index < -0.39 is 51.9 Å². The van der Waals surface area contributed by atoms with Crippen molar-refractivity contribution in [3.8, 4) is 0 Å². The van der Waals surface area contributed by atoms with Crippen molar-refractivity contribution in [3.63, 3.8) is 0 Å². The normalized spacial score (nSPS) is 12.6. The quantitative estimate of drug-likeness (QED) is 0.413. The Balaban J connectivity index is 2.46. The maximum atomic E-state index is 13.5. The summed E-state index contributed by atoms with van der Waals surface area (Å²) in [6.07, 6.45) is -2.67. The van der Waals surface area contributed by atoms with E-state index in [1.807, 2.05) is 37.3 Å². The number of amides is 2. The zero-order chi connectivity index (χ0) is 27.8. The van der Waals surface area contributed by atoms with E-state index in [0.29, 0.717) is 29.8 Å². The van der Waals surface area contributed by atoms with E-state index in [4.69, 9.17) is 11.6 Å². The van der Waals surface area contributed by atoms with Crippen molar-refractivity contribution in [1.82, 2.24) is 10.2 Å². The fourth-order valence-electron chi connectivity index (χ4n) is 3.74. The fraction of sp³-hybridized carbons (Fsp3) is 0.440. The molecule has 7 nitrogen and oxygen atoms in total. The number of carbonyl (C=O) groups excluding carboxylic acids is 2. The van der Waals surface area contributed by atoms with Gasteiger partial charge in [0, 0.05) is 13.1 Å². The highest BCUT2D eigenvalue weighted by Gasteiger charge is 2.35. The van der Waals surface area contributed by atoms with E-state index in [1.54, 1.807) is 6.92 Å². The molecule has 2 amide bonds. The molecular formula is C25H31ClF3N3O4S. The van der Waals surface area contributed by atoms with Crippen LogP contribution < -0.4 is 9.62 Å². The molecule has 0 aliphatic carbocycles. The lowest BCUT2D eigenvalue weighted by molar-refractivity contribution is -0.139. The second-order valence-electron chi connectivity index (χ2n) is 8.47. The number of nitrogens with one attached hydrogen (secondary N) is 1. The largest absolute Gasteiger partial charge is 0.416 e. The number of rotatable bonds is 12. The Morgan fingerprint density at radius 3 is 2.27 bits per heavy atom. The predicted molar refractivity (Wildman–Crippen MR) is 138 cm³/mol. The summed E-state index contributed by atoms with van der Waals surface area (Å²) in [5, 5.41) is 2.49. The molecule has 0 aliphatic rings. The van der Waals surface area contributed by atoms with Gasteiger partial charge in [-0.25, -0.2) is 8.42 Å². The topological polar surface area (TPSA) is 86.8 Å².